The molecule has 0 aliphatic heterocycles. The third kappa shape index (κ3) is 169. The Kier molecular flexibility index (Phi) is 158. The van der Waals surface area contributed by atoms with Crippen LogP contribution in [0, 0.1) is 0 Å². The van der Waals surface area contributed by atoms with Crippen molar-refractivity contribution in [2.45, 2.75) is 658 Å². The van der Waals surface area contributed by atoms with E-state index in [1.54, 1.807) is 0 Å². The molecule has 0 saturated heterocycles. The van der Waals surface area contributed by atoms with E-state index < -0.39 is 35.8 Å². The van der Waals surface area contributed by atoms with Gasteiger partial charge in [0, 0.05) is 35.8 Å². The van der Waals surface area contributed by atoms with Crippen LogP contribution in [-0.4, -0.2) is 112 Å². The monoisotopic (exact) mass is 2160 g/mol. The predicted molar refractivity (Wildman–Crippen MR) is 519 cm³/mol. The predicted octanol–water partition coefficient (Wildman–Crippen LogP) is 29.2. The van der Waals surface area contributed by atoms with Gasteiger partial charge in [-0.05, 0) is 77.0 Å². The number of carboxylic acids is 6. The van der Waals surface area contributed by atoms with Crippen molar-refractivity contribution in [2.24, 2.45) is 0 Å². The fraction of sp³-hybridized carbons (Fsp3) is 0.944. The summed E-state index contributed by atoms with van der Waals surface area (Å²) >= 11 is 0. The molecule has 0 N–H and O–H groups in total. The molecular formula is C108H210BaCdO12Pb. The normalized spacial score (nSPS) is 10.6. The van der Waals surface area contributed by atoms with Crippen molar-refractivity contribution in [2.75, 3.05) is 0 Å². The van der Waals surface area contributed by atoms with E-state index in [1.165, 1.54) is 501 Å². The number of hydrogen-bond acceptors (Lipinski definition) is 12. The van der Waals surface area contributed by atoms with Gasteiger partial charge in [0.2, 0.25) is 0 Å². The topological polar surface area (TPSA) is 241 Å². The SMILES string of the molecule is CCCCCCCCCCCCCCCCCC(=O)[O-].CCCCCCCCCCCCCCCCCC(=O)[O-].CCCCCCCCCCCCCCCCCC(=O)[O-].CCCCCCCCCCCCCCCCCC(=O)[O-].CCCCCCCCCCCCCCCCCC(=O)[O-].CCCCCCCCCCCCCCCCCC(=O)[O-].[Ba+2].[Cd+2].[Pb+2]. The van der Waals surface area contributed by atoms with E-state index in [4.69, 9.17) is 0 Å². The Morgan fingerprint density at radius 1 is 0.122 bits per heavy atom. The van der Waals surface area contributed by atoms with E-state index in [1.807, 2.05) is 0 Å². The first-order valence-corrected chi connectivity index (χ1v) is 53.8. The van der Waals surface area contributed by atoms with Crippen molar-refractivity contribution >= 4 is 112 Å². The van der Waals surface area contributed by atoms with Crippen LogP contribution in [0.4, 0.5) is 0 Å². The molecule has 0 bridgehead atoms. The second-order valence-corrected chi connectivity index (χ2v) is 36.4. The number of unbranched alkanes of at least 4 members (excludes halogenated alkanes) is 84. The summed E-state index contributed by atoms with van der Waals surface area (Å²) in [6.45, 7) is 13.6. The first kappa shape index (κ1) is 141. The minimum Gasteiger partial charge on any atom is -0.550 e. The molecule has 15 heteroatoms. The average molecular weight is 2160 g/mol. The van der Waals surface area contributed by atoms with Gasteiger partial charge in [0.15, 0.2) is 0 Å². The summed E-state index contributed by atoms with van der Waals surface area (Å²) in [6.07, 6.45) is 119. The molecule has 722 valence electrons. The second-order valence-electron chi connectivity index (χ2n) is 36.4. The van der Waals surface area contributed by atoms with Gasteiger partial charge in [-0.1, -0.05) is 581 Å². The van der Waals surface area contributed by atoms with Crippen LogP contribution >= 0.6 is 0 Å². The van der Waals surface area contributed by atoms with E-state index >= 15 is 0 Å². The van der Waals surface area contributed by atoms with Gasteiger partial charge in [-0.3, -0.25) is 0 Å². The molecule has 0 aliphatic rings. The third-order valence-corrected chi connectivity index (χ3v) is 23.9. The van der Waals surface area contributed by atoms with Crippen LogP contribution in [0.1, 0.15) is 658 Å². The van der Waals surface area contributed by atoms with Crippen LogP contribution in [-0.2, 0) is 56.1 Å². The standard InChI is InChI=1S/6C18H36O2.Ba.Cd.Pb/c6*1-2-3-4-5-6-7-8-9-10-11-12-13-14-15-16-17-18(19)20;;;/h6*2-17H2,1H3,(H,19,20);;;/q;;;;;;3*+2/p-6. The zero-order chi connectivity index (χ0) is 89.3. The minimum absolute atomic E-state index is 0. The molecule has 123 heavy (non-hydrogen) atoms. The number of hydrogen-bond donors (Lipinski definition) is 0. The van der Waals surface area contributed by atoms with Crippen LogP contribution in [0.25, 0.3) is 0 Å². The molecule has 0 heterocycles. The smallest absolute Gasteiger partial charge is 0.550 e. The van der Waals surface area contributed by atoms with E-state index in [-0.39, 0.29) is 142 Å². The molecule has 0 aromatic carbocycles. The largest absolute Gasteiger partial charge is 2.00 e. The van der Waals surface area contributed by atoms with Gasteiger partial charge in [0.05, 0.1) is 0 Å². The van der Waals surface area contributed by atoms with E-state index in [2.05, 4.69) is 41.5 Å². The van der Waals surface area contributed by atoms with Crippen LogP contribution in [0.2, 0.25) is 0 Å². The Morgan fingerprint density at radius 2 is 0.171 bits per heavy atom. The van der Waals surface area contributed by atoms with Crippen molar-refractivity contribution in [3.8, 4) is 0 Å². The summed E-state index contributed by atoms with van der Waals surface area (Å²) in [5.41, 5.74) is 0. The van der Waals surface area contributed by atoms with Crippen LogP contribution in [0.3, 0.4) is 0 Å². The van der Waals surface area contributed by atoms with Gasteiger partial charge in [0.25, 0.3) is 0 Å². The molecule has 0 rings (SSSR count). The van der Waals surface area contributed by atoms with Crippen molar-refractivity contribution in [3.05, 3.63) is 0 Å². The van der Waals surface area contributed by atoms with Crippen LogP contribution in [0.5, 0.6) is 0 Å². The zero-order valence-electron chi connectivity index (χ0n) is 83.7. The summed E-state index contributed by atoms with van der Waals surface area (Å²) in [5.74, 6) is -5.42. The van der Waals surface area contributed by atoms with Crippen molar-refractivity contribution in [1.82, 2.24) is 0 Å². The molecule has 0 aliphatic carbocycles. The number of carbonyl (C=O) groups is 6. The fourth-order valence-electron chi connectivity index (χ4n) is 15.8. The number of carbonyl (C=O) groups excluding carboxylic acids is 6. The fourth-order valence-corrected chi connectivity index (χ4v) is 15.8. The van der Waals surface area contributed by atoms with Gasteiger partial charge in [-0.2, -0.15) is 0 Å². The van der Waals surface area contributed by atoms with Gasteiger partial charge < -0.3 is 59.4 Å². The molecule has 0 atom stereocenters. The Bertz CT molecular complexity index is 1580. The van der Waals surface area contributed by atoms with Gasteiger partial charge in [0.1, 0.15) is 0 Å². The molecule has 0 fully saturated rings. The number of aliphatic carboxylic acids is 6. The van der Waals surface area contributed by atoms with E-state index in [9.17, 15) is 59.4 Å². The molecule has 0 spiro atoms. The third-order valence-electron chi connectivity index (χ3n) is 23.9. The summed E-state index contributed by atoms with van der Waals surface area (Å²) in [7, 11) is 0. The summed E-state index contributed by atoms with van der Waals surface area (Å²) < 4.78 is 0. The summed E-state index contributed by atoms with van der Waals surface area (Å²) in [4.78, 5) is 61.3. The van der Waals surface area contributed by atoms with Crippen LogP contribution in [0.15, 0.2) is 0 Å². The molecule has 12 nitrogen and oxygen atoms in total. The first-order chi connectivity index (χ1) is 58.6. The van der Waals surface area contributed by atoms with Gasteiger partial charge in [-0.15, -0.1) is 0 Å². The quantitative estimate of drug-likeness (QED) is 0.0408. The van der Waals surface area contributed by atoms with E-state index in [0.29, 0.717) is 0 Å². The Balaban J connectivity index is -0.000000180. The summed E-state index contributed by atoms with van der Waals surface area (Å²) in [6, 6.07) is 0. The number of rotatable bonds is 96. The molecule has 0 unspecified atom stereocenters. The second kappa shape index (κ2) is 138. The molecule has 0 aromatic rings. The maximum atomic E-state index is 10.2. The van der Waals surface area contributed by atoms with Gasteiger partial charge in [-0.25, -0.2) is 0 Å². The van der Waals surface area contributed by atoms with E-state index in [0.717, 1.165) is 77.0 Å². The first-order valence-electron chi connectivity index (χ1n) is 53.8. The minimum atomic E-state index is -0.903. The molecule has 0 amide bonds. The maximum Gasteiger partial charge on any atom is 2.00 e. The van der Waals surface area contributed by atoms with Crippen molar-refractivity contribution in [1.29, 1.82) is 0 Å². The zero-order valence-corrected chi connectivity index (χ0v) is 96.1. The Labute approximate surface area is 848 Å². The summed E-state index contributed by atoms with van der Waals surface area (Å²) in [5, 5.41) is 61.3. The Morgan fingerprint density at radius 3 is 0.220 bits per heavy atom. The van der Waals surface area contributed by atoms with Crippen LogP contribution < -0.4 is 30.6 Å². The molecule has 0 aromatic heterocycles. The maximum absolute atomic E-state index is 10.2. The Hall–Kier alpha value is 0.236. The van der Waals surface area contributed by atoms with Crippen molar-refractivity contribution < 1.29 is 86.7 Å². The molecular weight excluding hydrogens is 1950 g/mol. The van der Waals surface area contributed by atoms with Crippen molar-refractivity contribution in [3.63, 3.8) is 0 Å². The molecule has 2 radical (unpaired) electrons. The average Bonchev–Trinajstić information content (AvgIpc) is 1.20. The molecule has 0 saturated carbocycles. The van der Waals surface area contributed by atoms with Gasteiger partial charge >= 0.3 is 103 Å². The number of carboxylic acid groups (broad SMARTS) is 6.